The van der Waals surface area contributed by atoms with Crippen LogP contribution in [0.5, 0.6) is 0 Å². The number of benzene rings is 1. The molecule has 0 aliphatic carbocycles. The highest BCUT2D eigenvalue weighted by Gasteiger charge is 2.10. The Morgan fingerprint density at radius 3 is 2.65 bits per heavy atom. The van der Waals surface area contributed by atoms with E-state index < -0.39 is 0 Å². The normalized spacial score (nSPS) is 10.3. The quantitative estimate of drug-likeness (QED) is 0.883. The summed E-state index contributed by atoms with van der Waals surface area (Å²) in [5.74, 6) is -0.152. The van der Waals surface area contributed by atoms with Crippen LogP contribution in [0.1, 0.15) is 26.6 Å². The zero-order chi connectivity index (χ0) is 12.4. The standard InChI is InChI=1S/C13H14N2OS/c1-8-4-5-11(9(2)6-8)15-13(16)12-7-17-10(3)14-12/h4-7H,1-3H3,(H,15,16). The summed E-state index contributed by atoms with van der Waals surface area (Å²) in [4.78, 5) is 16.1. The Balaban J connectivity index is 2.18. The van der Waals surface area contributed by atoms with Crippen molar-refractivity contribution in [3.05, 3.63) is 45.4 Å². The Labute approximate surface area is 105 Å². The van der Waals surface area contributed by atoms with Crippen molar-refractivity contribution in [2.75, 3.05) is 5.32 Å². The Hall–Kier alpha value is -1.68. The van der Waals surface area contributed by atoms with Gasteiger partial charge in [0.15, 0.2) is 0 Å². The van der Waals surface area contributed by atoms with Crippen molar-refractivity contribution in [1.82, 2.24) is 4.98 Å². The summed E-state index contributed by atoms with van der Waals surface area (Å²) in [6, 6.07) is 5.94. The SMILES string of the molecule is Cc1ccc(NC(=O)c2csc(C)n2)c(C)c1. The van der Waals surface area contributed by atoms with Crippen LogP contribution >= 0.6 is 11.3 Å². The lowest BCUT2D eigenvalue weighted by Crippen LogP contribution is -2.13. The molecule has 0 aliphatic rings. The number of carbonyl (C=O) groups excluding carboxylic acids is 1. The highest BCUT2D eigenvalue weighted by molar-refractivity contribution is 7.09. The van der Waals surface area contributed by atoms with Crippen molar-refractivity contribution < 1.29 is 4.79 Å². The molecule has 2 rings (SSSR count). The van der Waals surface area contributed by atoms with E-state index in [9.17, 15) is 4.79 Å². The number of hydrogen-bond acceptors (Lipinski definition) is 3. The first kappa shape index (κ1) is 11.8. The predicted octanol–water partition coefficient (Wildman–Crippen LogP) is 3.32. The Morgan fingerprint density at radius 2 is 2.06 bits per heavy atom. The van der Waals surface area contributed by atoms with E-state index in [-0.39, 0.29) is 5.91 Å². The fourth-order valence-electron chi connectivity index (χ4n) is 1.61. The van der Waals surface area contributed by atoms with Gasteiger partial charge in [0.05, 0.1) is 5.01 Å². The topological polar surface area (TPSA) is 42.0 Å². The van der Waals surface area contributed by atoms with Crippen LogP contribution in [0.2, 0.25) is 0 Å². The minimum Gasteiger partial charge on any atom is -0.320 e. The summed E-state index contributed by atoms with van der Waals surface area (Å²) in [6.07, 6.45) is 0. The van der Waals surface area contributed by atoms with Crippen LogP contribution in [0, 0.1) is 20.8 Å². The van der Waals surface area contributed by atoms with Crippen molar-refractivity contribution in [3.63, 3.8) is 0 Å². The molecule has 0 spiro atoms. The molecule has 0 atom stereocenters. The van der Waals surface area contributed by atoms with Crippen molar-refractivity contribution in [2.24, 2.45) is 0 Å². The molecule has 0 saturated heterocycles. The second-order valence-electron chi connectivity index (χ2n) is 4.02. The number of rotatable bonds is 2. The fourth-order valence-corrected chi connectivity index (χ4v) is 2.20. The van der Waals surface area contributed by atoms with E-state index in [1.807, 2.05) is 39.0 Å². The molecule has 0 saturated carbocycles. The number of nitrogens with one attached hydrogen (secondary N) is 1. The third kappa shape index (κ3) is 2.71. The average Bonchev–Trinajstić information content (AvgIpc) is 2.69. The molecule has 0 bridgehead atoms. The van der Waals surface area contributed by atoms with Crippen molar-refractivity contribution >= 4 is 22.9 Å². The zero-order valence-electron chi connectivity index (χ0n) is 10.1. The first-order chi connectivity index (χ1) is 8.06. The number of anilines is 1. The Kier molecular flexibility index (Phi) is 3.24. The molecule has 0 aliphatic heterocycles. The lowest BCUT2D eigenvalue weighted by Gasteiger charge is -2.07. The lowest BCUT2D eigenvalue weighted by molar-refractivity contribution is 0.102. The van der Waals surface area contributed by atoms with Gasteiger partial charge < -0.3 is 5.32 Å². The van der Waals surface area contributed by atoms with E-state index in [1.165, 1.54) is 16.9 Å². The van der Waals surface area contributed by atoms with Gasteiger partial charge in [0.25, 0.3) is 5.91 Å². The molecular formula is C13H14N2OS. The van der Waals surface area contributed by atoms with Crippen LogP contribution < -0.4 is 5.32 Å². The number of hydrogen-bond donors (Lipinski definition) is 1. The molecule has 1 heterocycles. The summed E-state index contributed by atoms with van der Waals surface area (Å²) in [5, 5.41) is 5.54. The number of aromatic nitrogens is 1. The predicted molar refractivity (Wildman–Crippen MR) is 70.7 cm³/mol. The third-order valence-electron chi connectivity index (χ3n) is 2.48. The van der Waals surface area contributed by atoms with E-state index in [2.05, 4.69) is 10.3 Å². The zero-order valence-corrected chi connectivity index (χ0v) is 10.9. The van der Waals surface area contributed by atoms with Gasteiger partial charge in [-0.15, -0.1) is 11.3 Å². The van der Waals surface area contributed by atoms with Crippen LogP contribution in [0.3, 0.4) is 0 Å². The Bertz CT molecular complexity index is 560. The molecule has 1 aromatic heterocycles. The molecule has 1 aromatic carbocycles. The van der Waals surface area contributed by atoms with Crippen molar-refractivity contribution in [1.29, 1.82) is 0 Å². The van der Waals surface area contributed by atoms with E-state index in [0.717, 1.165) is 16.3 Å². The largest absolute Gasteiger partial charge is 0.320 e. The smallest absolute Gasteiger partial charge is 0.275 e. The third-order valence-corrected chi connectivity index (χ3v) is 3.26. The molecule has 2 aromatic rings. The summed E-state index contributed by atoms with van der Waals surface area (Å²) < 4.78 is 0. The molecular weight excluding hydrogens is 232 g/mol. The van der Waals surface area contributed by atoms with Gasteiger partial charge in [-0.25, -0.2) is 4.98 Å². The molecule has 3 nitrogen and oxygen atoms in total. The number of thiazole rings is 1. The van der Waals surface area contributed by atoms with Crippen LogP contribution in [0.4, 0.5) is 5.69 Å². The lowest BCUT2D eigenvalue weighted by atomic mass is 10.1. The van der Waals surface area contributed by atoms with Crippen molar-refractivity contribution in [3.8, 4) is 0 Å². The average molecular weight is 246 g/mol. The van der Waals surface area contributed by atoms with Crippen LogP contribution in [-0.4, -0.2) is 10.9 Å². The van der Waals surface area contributed by atoms with Gasteiger partial charge in [-0.05, 0) is 32.4 Å². The summed E-state index contributed by atoms with van der Waals surface area (Å²) >= 11 is 1.48. The first-order valence-electron chi connectivity index (χ1n) is 5.37. The van der Waals surface area contributed by atoms with Gasteiger partial charge in [0, 0.05) is 11.1 Å². The molecule has 0 unspecified atom stereocenters. The van der Waals surface area contributed by atoms with Crippen LogP contribution in [0.15, 0.2) is 23.6 Å². The van der Waals surface area contributed by atoms with E-state index in [1.54, 1.807) is 5.38 Å². The minimum atomic E-state index is -0.152. The number of nitrogens with zero attached hydrogens (tertiary/aromatic N) is 1. The maximum absolute atomic E-state index is 11.9. The molecule has 0 fully saturated rings. The van der Waals surface area contributed by atoms with E-state index in [4.69, 9.17) is 0 Å². The highest BCUT2D eigenvalue weighted by atomic mass is 32.1. The monoisotopic (exact) mass is 246 g/mol. The number of carbonyl (C=O) groups is 1. The van der Waals surface area contributed by atoms with Gasteiger partial charge in [0.2, 0.25) is 0 Å². The first-order valence-corrected chi connectivity index (χ1v) is 6.25. The molecule has 88 valence electrons. The second kappa shape index (κ2) is 4.67. The summed E-state index contributed by atoms with van der Waals surface area (Å²) in [5.41, 5.74) is 3.56. The summed E-state index contributed by atoms with van der Waals surface area (Å²) in [6.45, 7) is 5.90. The van der Waals surface area contributed by atoms with E-state index >= 15 is 0 Å². The molecule has 1 amide bonds. The van der Waals surface area contributed by atoms with Gasteiger partial charge in [-0.2, -0.15) is 0 Å². The highest BCUT2D eigenvalue weighted by Crippen LogP contribution is 2.17. The van der Waals surface area contributed by atoms with Gasteiger partial charge in [-0.1, -0.05) is 17.7 Å². The number of aryl methyl sites for hydroxylation is 3. The van der Waals surface area contributed by atoms with Crippen molar-refractivity contribution in [2.45, 2.75) is 20.8 Å². The molecule has 1 N–H and O–H groups in total. The molecule has 0 radical (unpaired) electrons. The minimum absolute atomic E-state index is 0.152. The maximum Gasteiger partial charge on any atom is 0.275 e. The van der Waals surface area contributed by atoms with Gasteiger partial charge >= 0.3 is 0 Å². The summed E-state index contributed by atoms with van der Waals surface area (Å²) in [7, 11) is 0. The molecule has 4 heteroatoms. The van der Waals surface area contributed by atoms with E-state index in [0.29, 0.717) is 5.69 Å². The maximum atomic E-state index is 11.9. The van der Waals surface area contributed by atoms with Crippen LogP contribution in [-0.2, 0) is 0 Å². The Morgan fingerprint density at radius 1 is 1.29 bits per heavy atom. The fraction of sp³-hybridized carbons (Fsp3) is 0.231. The van der Waals surface area contributed by atoms with Crippen LogP contribution in [0.25, 0.3) is 0 Å². The second-order valence-corrected chi connectivity index (χ2v) is 5.09. The van der Waals surface area contributed by atoms with Gasteiger partial charge in [-0.3, -0.25) is 4.79 Å². The number of amides is 1. The molecule has 17 heavy (non-hydrogen) atoms. The van der Waals surface area contributed by atoms with Gasteiger partial charge in [0.1, 0.15) is 5.69 Å².